The second kappa shape index (κ2) is 6.72. The van der Waals surface area contributed by atoms with Crippen LogP contribution < -0.4 is 0 Å². The first-order valence-electron chi connectivity index (χ1n) is 5.29. The Balaban J connectivity index is 6.37. The molecular formula is C7H2F14O5S. The summed E-state index contributed by atoms with van der Waals surface area (Å²) < 4.78 is 205. The van der Waals surface area contributed by atoms with Crippen molar-refractivity contribution in [3.05, 3.63) is 0 Å². The third-order valence-electron chi connectivity index (χ3n) is 2.16. The van der Waals surface area contributed by atoms with E-state index >= 15 is 0 Å². The first kappa shape index (κ1) is 25.8. The highest BCUT2D eigenvalue weighted by Crippen LogP contribution is 2.52. The fourth-order valence-electron chi connectivity index (χ4n) is 1.04. The predicted molar refractivity (Wildman–Crippen MR) is 49.4 cm³/mol. The fraction of sp³-hybridized carbons (Fsp3) is 1.00. The predicted octanol–water partition coefficient (Wildman–Crippen LogP) is 3.77. The van der Waals surface area contributed by atoms with Crippen LogP contribution in [0.2, 0.25) is 0 Å². The Labute approximate surface area is 137 Å². The first-order valence-corrected chi connectivity index (χ1v) is 6.73. The van der Waals surface area contributed by atoms with Gasteiger partial charge in [0.2, 0.25) is 0 Å². The first-order chi connectivity index (χ1) is 11.3. The molecule has 20 heteroatoms. The molecule has 1 N–H and O–H groups in total. The quantitative estimate of drug-likeness (QED) is 0.479. The molecule has 0 saturated carbocycles. The number of hydrogen-bond acceptors (Lipinski definition) is 4. The van der Waals surface area contributed by atoms with E-state index in [9.17, 15) is 69.9 Å². The monoisotopic (exact) mass is 464 g/mol. The second-order valence-electron chi connectivity index (χ2n) is 4.23. The van der Waals surface area contributed by atoms with Crippen LogP contribution in [0.25, 0.3) is 0 Å². The van der Waals surface area contributed by atoms with Crippen LogP contribution in [-0.2, 0) is 19.6 Å². The topological polar surface area (TPSA) is 72.8 Å². The largest absolute Gasteiger partial charge is 0.491 e. The van der Waals surface area contributed by atoms with Gasteiger partial charge in [0.05, 0.1) is 0 Å². The highest BCUT2D eigenvalue weighted by atomic mass is 32.2. The van der Waals surface area contributed by atoms with Crippen molar-refractivity contribution in [2.75, 3.05) is 0 Å². The van der Waals surface area contributed by atoms with Crippen LogP contribution in [0.1, 0.15) is 0 Å². The maximum absolute atomic E-state index is 13.4. The second-order valence-corrected chi connectivity index (χ2v) is 5.66. The molecule has 0 saturated heterocycles. The molecule has 0 heterocycles. The van der Waals surface area contributed by atoms with Crippen LogP contribution in [0, 0.1) is 0 Å². The summed E-state index contributed by atoms with van der Waals surface area (Å²) >= 11 is 0. The van der Waals surface area contributed by atoms with Gasteiger partial charge >= 0.3 is 46.1 Å². The molecule has 0 radical (unpaired) electrons. The molecule has 27 heavy (non-hydrogen) atoms. The molecule has 0 aliphatic heterocycles. The molecule has 0 aliphatic rings. The maximum atomic E-state index is 13.4. The Hall–Kier alpha value is -1.15. The van der Waals surface area contributed by atoms with Crippen LogP contribution >= 0.6 is 0 Å². The van der Waals surface area contributed by atoms with Crippen molar-refractivity contribution in [3.8, 4) is 0 Å². The maximum Gasteiger partial charge on any atom is 0.491 e. The fourth-order valence-corrected chi connectivity index (χ4v) is 1.26. The lowest BCUT2D eigenvalue weighted by Crippen LogP contribution is -2.64. The zero-order chi connectivity index (χ0) is 22.5. The lowest BCUT2D eigenvalue weighted by Gasteiger charge is -2.37. The van der Waals surface area contributed by atoms with E-state index in [1.54, 1.807) is 9.47 Å². The Morgan fingerprint density at radius 1 is 0.704 bits per heavy atom. The molecule has 164 valence electrons. The summed E-state index contributed by atoms with van der Waals surface area (Å²) in [5, 5.41) is 0. The Bertz CT molecular complexity index is 618. The SMILES string of the molecule is O=S(=O)(O)C(F)(F)OC(F)(C(F)(F)F)C(F)(F)OC(C(F)(F)F)C(F)(F)F. The van der Waals surface area contributed by atoms with E-state index in [1.807, 2.05) is 0 Å². The van der Waals surface area contributed by atoms with Crippen molar-refractivity contribution in [1.82, 2.24) is 0 Å². The normalized spacial score (nSPS) is 17.9. The van der Waals surface area contributed by atoms with Gasteiger partial charge in [-0.2, -0.15) is 69.9 Å². The molecule has 0 aliphatic carbocycles. The highest BCUT2D eigenvalue weighted by Gasteiger charge is 2.80. The third kappa shape index (κ3) is 5.44. The van der Waals surface area contributed by atoms with Gasteiger partial charge in [-0.3, -0.25) is 14.0 Å². The van der Waals surface area contributed by atoms with E-state index in [4.69, 9.17) is 4.55 Å². The minimum Gasteiger partial charge on any atom is -0.293 e. The van der Waals surface area contributed by atoms with Gasteiger partial charge < -0.3 is 0 Å². The van der Waals surface area contributed by atoms with Crippen LogP contribution in [0.5, 0.6) is 0 Å². The Kier molecular flexibility index (Phi) is 6.44. The number of hydrogen-bond donors (Lipinski definition) is 1. The van der Waals surface area contributed by atoms with Gasteiger partial charge in [-0.25, -0.2) is 0 Å². The van der Waals surface area contributed by atoms with Gasteiger partial charge in [-0.15, -0.1) is 0 Å². The van der Waals surface area contributed by atoms with Crippen LogP contribution in [0.4, 0.5) is 61.5 Å². The molecule has 0 aromatic carbocycles. The van der Waals surface area contributed by atoms with E-state index in [2.05, 4.69) is 0 Å². The third-order valence-corrected chi connectivity index (χ3v) is 2.84. The number of ether oxygens (including phenoxy) is 2. The molecule has 0 fully saturated rings. The Morgan fingerprint density at radius 2 is 1.04 bits per heavy atom. The molecule has 0 spiro atoms. The summed E-state index contributed by atoms with van der Waals surface area (Å²) in [5.41, 5.74) is -6.91. The van der Waals surface area contributed by atoms with E-state index in [1.165, 1.54) is 0 Å². The van der Waals surface area contributed by atoms with Gasteiger partial charge in [0.25, 0.3) is 6.10 Å². The van der Waals surface area contributed by atoms with E-state index in [-0.39, 0.29) is 0 Å². The zero-order valence-corrected chi connectivity index (χ0v) is 12.2. The zero-order valence-electron chi connectivity index (χ0n) is 11.4. The summed E-state index contributed by atoms with van der Waals surface area (Å²) in [6, 6.07) is 0. The van der Waals surface area contributed by atoms with Crippen molar-refractivity contribution in [2.45, 2.75) is 42.0 Å². The smallest absolute Gasteiger partial charge is 0.293 e. The van der Waals surface area contributed by atoms with Crippen molar-refractivity contribution in [1.29, 1.82) is 0 Å². The molecule has 0 aromatic heterocycles. The summed E-state index contributed by atoms with van der Waals surface area (Å²) in [7, 11) is -7.27. The van der Waals surface area contributed by atoms with E-state index in [0.717, 1.165) is 0 Å². The lowest BCUT2D eigenvalue weighted by atomic mass is 10.2. The van der Waals surface area contributed by atoms with E-state index in [0.29, 0.717) is 0 Å². The van der Waals surface area contributed by atoms with Crippen molar-refractivity contribution >= 4 is 10.1 Å². The van der Waals surface area contributed by atoms with Crippen LogP contribution in [0.15, 0.2) is 0 Å². The molecule has 1 atom stereocenters. The number of alkyl halides is 14. The number of rotatable bonds is 6. The molecule has 5 nitrogen and oxygen atoms in total. The minimum absolute atomic E-state index is 1.57. The summed E-state index contributed by atoms with van der Waals surface area (Å²) in [6.07, 6.45) is -34.9. The van der Waals surface area contributed by atoms with Crippen LogP contribution in [-0.4, -0.2) is 55.0 Å². The molecule has 0 aromatic rings. The molecule has 0 amide bonds. The standard InChI is InChI=1S/C7H2F14O5S/c8-2(9,10)1(3(11,12)13)25-6(18,19)4(14,5(15,16)17)26-7(20,21)27(22,23)24/h1H,(H,22,23,24). The molecule has 0 rings (SSSR count). The van der Waals surface area contributed by atoms with Gasteiger partial charge in [-0.1, -0.05) is 0 Å². The Morgan fingerprint density at radius 3 is 1.26 bits per heavy atom. The molecule has 1 unspecified atom stereocenters. The summed E-state index contributed by atoms with van der Waals surface area (Å²) in [4.78, 5) is 0. The summed E-state index contributed by atoms with van der Waals surface area (Å²) in [5.74, 6) is -7.60. The molecule has 0 bridgehead atoms. The van der Waals surface area contributed by atoms with Gasteiger partial charge in [0.15, 0.2) is 0 Å². The highest BCUT2D eigenvalue weighted by molar-refractivity contribution is 7.86. The van der Waals surface area contributed by atoms with Gasteiger partial charge in [0, 0.05) is 0 Å². The molecular weight excluding hydrogens is 462 g/mol. The average Bonchev–Trinajstić information content (AvgIpc) is 2.29. The van der Waals surface area contributed by atoms with Gasteiger partial charge in [0.1, 0.15) is 0 Å². The van der Waals surface area contributed by atoms with Crippen molar-refractivity contribution in [3.63, 3.8) is 0 Å². The number of halogens is 14. The van der Waals surface area contributed by atoms with Crippen molar-refractivity contribution < 1.29 is 83.9 Å². The van der Waals surface area contributed by atoms with Crippen molar-refractivity contribution in [2.24, 2.45) is 0 Å². The van der Waals surface area contributed by atoms with Crippen LogP contribution in [0.3, 0.4) is 0 Å². The average molecular weight is 464 g/mol. The van der Waals surface area contributed by atoms with E-state index < -0.39 is 52.2 Å². The van der Waals surface area contributed by atoms with Gasteiger partial charge in [-0.05, 0) is 0 Å². The summed E-state index contributed by atoms with van der Waals surface area (Å²) in [6.45, 7) is 0. The lowest BCUT2D eigenvalue weighted by molar-refractivity contribution is -0.510. The minimum atomic E-state index is -7.60.